The van der Waals surface area contributed by atoms with Crippen LogP contribution in [0.4, 0.5) is 0 Å². The number of nitrogens with zero attached hydrogens (tertiary/aromatic N) is 2. The number of fused-ring (bicyclic) bond motifs is 1. The Morgan fingerprint density at radius 3 is 2.77 bits per heavy atom. The first-order chi connectivity index (χ1) is 12.7. The molecule has 0 fully saturated rings. The van der Waals surface area contributed by atoms with Gasteiger partial charge in [-0.1, -0.05) is 32.0 Å². The molecule has 1 unspecified atom stereocenters. The second-order valence-electron chi connectivity index (χ2n) is 7.11. The second-order valence-corrected chi connectivity index (χ2v) is 7.11. The number of pyridine rings is 1. The van der Waals surface area contributed by atoms with Gasteiger partial charge < -0.3 is 16.0 Å². The van der Waals surface area contributed by atoms with Crippen LogP contribution in [0.15, 0.2) is 42.6 Å². The normalized spacial score (nSPS) is 12.8. The van der Waals surface area contributed by atoms with Gasteiger partial charge in [-0.25, -0.2) is 4.98 Å². The van der Waals surface area contributed by atoms with E-state index in [0.29, 0.717) is 18.5 Å². The monoisotopic (exact) mass is 351 g/mol. The minimum Gasteiger partial charge on any atom is -0.342 e. The lowest BCUT2D eigenvalue weighted by Crippen LogP contribution is -2.32. The Morgan fingerprint density at radius 2 is 2.00 bits per heavy atom. The third-order valence-electron chi connectivity index (χ3n) is 4.74. The number of benzene rings is 1. The maximum absolute atomic E-state index is 5.74. The lowest BCUT2D eigenvalue weighted by Gasteiger charge is -2.19. The van der Waals surface area contributed by atoms with E-state index in [2.05, 4.69) is 41.3 Å². The maximum Gasteiger partial charge on any atom is 0.108 e. The van der Waals surface area contributed by atoms with Gasteiger partial charge in [0.25, 0.3) is 0 Å². The van der Waals surface area contributed by atoms with Crippen LogP contribution in [0.3, 0.4) is 0 Å². The summed E-state index contributed by atoms with van der Waals surface area (Å²) in [6.45, 7) is 5.89. The van der Waals surface area contributed by atoms with Gasteiger partial charge in [-0.05, 0) is 49.1 Å². The number of imidazole rings is 1. The number of nitrogens with one attached hydrogen (secondary N) is 2. The molecule has 138 valence electrons. The highest BCUT2D eigenvalue weighted by Gasteiger charge is 2.14. The molecule has 0 bridgehead atoms. The molecule has 0 saturated carbocycles. The minimum atomic E-state index is 0.320. The van der Waals surface area contributed by atoms with E-state index in [4.69, 9.17) is 10.7 Å². The number of nitrogens with two attached hydrogens (primary N) is 1. The molecule has 1 aromatic carbocycles. The average molecular weight is 351 g/mol. The predicted molar refractivity (Wildman–Crippen MR) is 107 cm³/mol. The molecule has 3 aromatic rings. The summed E-state index contributed by atoms with van der Waals surface area (Å²) in [6, 6.07) is 12.7. The summed E-state index contributed by atoms with van der Waals surface area (Å²) in [4.78, 5) is 12.7. The van der Waals surface area contributed by atoms with E-state index in [1.54, 1.807) is 0 Å². The molecule has 3 rings (SSSR count). The van der Waals surface area contributed by atoms with Crippen molar-refractivity contribution in [2.45, 2.75) is 51.6 Å². The van der Waals surface area contributed by atoms with E-state index in [9.17, 15) is 0 Å². The molecule has 2 aromatic heterocycles. The molecular formula is C21H29N5. The molecule has 5 heteroatoms. The smallest absolute Gasteiger partial charge is 0.108 e. The highest BCUT2D eigenvalue weighted by atomic mass is 15.0. The molecule has 2 heterocycles. The minimum absolute atomic E-state index is 0.320. The van der Waals surface area contributed by atoms with Crippen LogP contribution in [0.2, 0.25) is 0 Å². The van der Waals surface area contributed by atoms with Crippen molar-refractivity contribution in [2.24, 2.45) is 5.73 Å². The summed E-state index contributed by atoms with van der Waals surface area (Å²) in [6.07, 6.45) is 4.75. The van der Waals surface area contributed by atoms with Gasteiger partial charge in [-0.3, -0.25) is 4.98 Å². The van der Waals surface area contributed by atoms with Crippen molar-refractivity contribution in [3.8, 4) is 0 Å². The molecule has 4 N–H and O–H groups in total. The van der Waals surface area contributed by atoms with Crippen LogP contribution in [0.1, 0.15) is 49.7 Å². The van der Waals surface area contributed by atoms with Gasteiger partial charge in [-0.15, -0.1) is 0 Å². The van der Waals surface area contributed by atoms with E-state index >= 15 is 0 Å². The van der Waals surface area contributed by atoms with Crippen molar-refractivity contribution in [3.63, 3.8) is 0 Å². The van der Waals surface area contributed by atoms with Gasteiger partial charge in [0.2, 0.25) is 0 Å². The largest absolute Gasteiger partial charge is 0.342 e. The van der Waals surface area contributed by atoms with Gasteiger partial charge in [0.05, 0.1) is 16.7 Å². The van der Waals surface area contributed by atoms with E-state index in [1.807, 2.05) is 30.5 Å². The first kappa shape index (κ1) is 18.5. The Morgan fingerprint density at radius 1 is 1.15 bits per heavy atom. The number of hydrogen-bond acceptors (Lipinski definition) is 4. The predicted octanol–water partition coefficient (Wildman–Crippen LogP) is 3.52. The van der Waals surface area contributed by atoms with E-state index < -0.39 is 0 Å². The van der Waals surface area contributed by atoms with Gasteiger partial charge in [-0.2, -0.15) is 0 Å². The molecule has 0 aliphatic rings. The zero-order chi connectivity index (χ0) is 18.4. The zero-order valence-electron chi connectivity index (χ0n) is 15.7. The van der Waals surface area contributed by atoms with Gasteiger partial charge in [0.15, 0.2) is 0 Å². The van der Waals surface area contributed by atoms with Crippen LogP contribution in [-0.4, -0.2) is 27.5 Å². The fraction of sp³-hybridized carbons (Fsp3) is 0.429. The van der Waals surface area contributed by atoms with Crippen molar-refractivity contribution in [3.05, 3.63) is 59.7 Å². The van der Waals surface area contributed by atoms with Crippen LogP contribution >= 0.6 is 0 Å². The van der Waals surface area contributed by atoms with Crippen LogP contribution < -0.4 is 11.1 Å². The number of H-pyrrole nitrogens is 1. The Balaban J connectivity index is 1.70. The van der Waals surface area contributed by atoms with Gasteiger partial charge >= 0.3 is 0 Å². The summed E-state index contributed by atoms with van der Waals surface area (Å²) >= 11 is 0. The van der Waals surface area contributed by atoms with Crippen LogP contribution in [0.25, 0.3) is 11.0 Å². The molecular weight excluding hydrogens is 322 g/mol. The third kappa shape index (κ3) is 4.68. The molecule has 0 spiro atoms. The highest BCUT2D eigenvalue weighted by molar-refractivity contribution is 5.74. The Hall–Kier alpha value is -2.24. The van der Waals surface area contributed by atoms with Crippen molar-refractivity contribution < 1.29 is 0 Å². The Kier molecular flexibility index (Phi) is 6.36. The Bertz CT molecular complexity index is 791. The van der Waals surface area contributed by atoms with E-state index in [0.717, 1.165) is 48.4 Å². The molecule has 0 amide bonds. The van der Waals surface area contributed by atoms with Crippen molar-refractivity contribution >= 4 is 11.0 Å². The summed E-state index contributed by atoms with van der Waals surface area (Å²) in [5.41, 5.74) is 10.3. The highest BCUT2D eigenvalue weighted by Crippen LogP contribution is 2.18. The van der Waals surface area contributed by atoms with Crippen LogP contribution in [0, 0.1) is 0 Å². The number of rotatable bonds is 9. The van der Waals surface area contributed by atoms with Crippen molar-refractivity contribution in [1.29, 1.82) is 0 Å². The van der Waals surface area contributed by atoms with E-state index in [-0.39, 0.29) is 0 Å². The third-order valence-corrected chi connectivity index (χ3v) is 4.74. The molecule has 0 saturated heterocycles. The number of para-hydroxylation sites is 2. The number of aromatic nitrogens is 3. The topological polar surface area (TPSA) is 79.6 Å². The van der Waals surface area contributed by atoms with Crippen molar-refractivity contribution in [2.75, 3.05) is 6.54 Å². The van der Waals surface area contributed by atoms with Gasteiger partial charge in [0.1, 0.15) is 5.82 Å². The van der Waals surface area contributed by atoms with Crippen LogP contribution in [-0.2, 0) is 13.0 Å². The lowest BCUT2D eigenvalue weighted by atomic mass is 10.0. The Labute approximate surface area is 155 Å². The van der Waals surface area contributed by atoms with Crippen molar-refractivity contribution in [1.82, 2.24) is 20.3 Å². The molecule has 0 radical (unpaired) electrons. The molecule has 0 aliphatic heterocycles. The first-order valence-corrected chi connectivity index (χ1v) is 9.48. The number of aromatic amines is 1. The SMILES string of the molecule is CC(C)c1cccnc1CNC(CCCN)Cc1nc2ccccc2[nH]1. The fourth-order valence-corrected chi connectivity index (χ4v) is 3.34. The molecule has 26 heavy (non-hydrogen) atoms. The molecule has 5 nitrogen and oxygen atoms in total. The maximum atomic E-state index is 5.74. The van der Waals surface area contributed by atoms with Crippen LogP contribution in [0.5, 0.6) is 0 Å². The first-order valence-electron chi connectivity index (χ1n) is 9.48. The summed E-state index contributed by atoms with van der Waals surface area (Å²) in [7, 11) is 0. The lowest BCUT2D eigenvalue weighted by molar-refractivity contribution is 0.455. The summed E-state index contributed by atoms with van der Waals surface area (Å²) < 4.78 is 0. The zero-order valence-corrected chi connectivity index (χ0v) is 15.7. The van der Waals surface area contributed by atoms with Gasteiger partial charge in [0, 0.05) is 25.2 Å². The standard InChI is InChI=1S/C21H29N5/c1-15(2)17-8-6-12-23-20(17)14-24-16(7-5-11-22)13-21-25-18-9-3-4-10-19(18)26-21/h3-4,6,8-10,12,15-16,24H,5,7,11,13-14,22H2,1-2H3,(H,25,26). The molecule has 0 aliphatic carbocycles. The average Bonchev–Trinajstić information content (AvgIpc) is 3.06. The number of hydrogen-bond donors (Lipinski definition) is 3. The van der Waals surface area contributed by atoms with E-state index in [1.165, 1.54) is 5.56 Å². The fourth-order valence-electron chi connectivity index (χ4n) is 3.34. The summed E-state index contributed by atoms with van der Waals surface area (Å²) in [5.74, 6) is 1.49. The quantitative estimate of drug-likeness (QED) is 0.551. The molecule has 1 atom stereocenters. The second kappa shape index (κ2) is 8.92. The summed E-state index contributed by atoms with van der Waals surface area (Å²) in [5, 5.41) is 3.68.